The number of ether oxygens (including phenoxy) is 1. The largest absolute Gasteiger partial charge is 0.494 e. The summed E-state index contributed by atoms with van der Waals surface area (Å²) >= 11 is 0. The number of hydrogen-bond donors (Lipinski definition) is 0. The van der Waals surface area contributed by atoms with Crippen LogP contribution in [0.2, 0.25) is 0 Å². The molecular formula is C14H22O2. The van der Waals surface area contributed by atoms with Gasteiger partial charge >= 0.3 is 0 Å². The van der Waals surface area contributed by atoms with Crippen LogP contribution in [0.15, 0.2) is 12.3 Å². The van der Waals surface area contributed by atoms with Crippen LogP contribution in [0.1, 0.15) is 52.9 Å². The van der Waals surface area contributed by atoms with Gasteiger partial charge in [-0.3, -0.25) is 4.79 Å². The van der Waals surface area contributed by atoms with E-state index < -0.39 is 0 Å². The third-order valence-electron chi connectivity index (χ3n) is 4.19. The lowest BCUT2D eigenvalue weighted by Crippen LogP contribution is -2.41. The summed E-state index contributed by atoms with van der Waals surface area (Å²) in [4.78, 5) is 11.4. The zero-order valence-corrected chi connectivity index (χ0v) is 10.6. The molecule has 1 spiro atoms. The van der Waals surface area contributed by atoms with Crippen molar-refractivity contribution in [3.8, 4) is 0 Å². The van der Waals surface area contributed by atoms with E-state index in [0.717, 1.165) is 18.8 Å². The first-order valence-electron chi connectivity index (χ1n) is 6.29. The second-order valence-corrected chi connectivity index (χ2v) is 6.39. The minimum Gasteiger partial charge on any atom is -0.494 e. The molecule has 0 unspecified atom stereocenters. The molecule has 1 aliphatic heterocycles. The van der Waals surface area contributed by atoms with Crippen molar-refractivity contribution in [1.82, 2.24) is 0 Å². The monoisotopic (exact) mass is 222 g/mol. The van der Waals surface area contributed by atoms with Crippen molar-refractivity contribution in [3.63, 3.8) is 0 Å². The average Bonchev–Trinajstić information content (AvgIpc) is 2.16. The predicted octanol–water partition coefficient (Wildman–Crippen LogP) is 3.46. The quantitative estimate of drug-likeness (QED) is 0.627. The van der Waals surface area contributed by atoms with Crippen LogP contribution in [-0.4, -0.2) is 11.4 Å². The Hall–Kier alpha value is -0.790. The van der Waals surface area contributed by atoms with Gasteiger partial charge in [-0.05, 0) is 37.0 Å². The lowest BCUT2D eigenvalue weighted by molar-refractivity contribution is -0.125. The molecule has 0 atom stereocenters. The van der Waals surface area contributed by atoms with Crippen LogP contribution in [0, 0.1) is 11.3 Å². The van der Waals surface area contributed by atoms with Crippen LogP contribution >= 0.6 is 0 Å². The van der Waals surface area contributed by atoms with Crippen LogP contribution in [-0.2, 0) is 9.53 Å². The van der Waals surface area contributed by atoms with E-state index in [1.54, 1.807) is 12.3 Å². The van der Waals surface area contributed by atoms with E-state index in [4.69, 9.17) is 4.74 Å². The summed E-state index contributed by atoms with van der Waals surface area (Å²) in [5.74, 6) is 0.989. The second kappa shape index (κ2) is 3.90. The maximum atomic E-state index is 11.4. The number of ketones is 1. The Morgan fingerprint density at radius 1 is 1.31 bits per heavy atom. The maximum Gasteiger partial charge on any atom is 0.162 e. The highest BCUT2D eigenvalue weighted by Crippen LogP contribution is 2.45. The molecule has 0 aromatic carbocycles. The topological polar surface area (TPSA) is 26.3 Å². The molecule has 1 fully saturated rings. The molecule has 0 bridgehead atoms. The number of carbonyl (C=O) groups is 1. The van der Waals surface area contributed by atoms with Gasteiger partial charge in [-0.2, -0.15) is 0 Å². The van der Waals surface area contributed by atoms with E-state index in [0.29, 0.717) is 11.8 Å². The van der Waals surface area contributed by atoms with Crippen molar-refractivity contribution in [2.24, 2.45) is 11.3 Å². The summed E-state index contributed by atoms with van der Waals surface area (Å²) in [6.07, 6.45) is 8.18. The van der Waals surface area contributed by atoms with Gasteiger partial charge in [-0.25, -0.2) is 0 Å². The van der Waals surface area contributed by atoms with Gasteiger partial charge in [0.1, 0.15) is 5.60 Å². The summed E-state index contributed by atoms with van der Waals surface area (Å²) in [5.41, 5.74) is 0.226. The van der Waals surface area contributed by atoms with E-state index in [1.165, 1.54) is 12.8 Å². The Kier molecular flexibility index (Phi) is 2.85. The van der Waals surface area contributed by atoms with Crippen LogP contribution in [0.25, 0.3) is 0 Å². The van der Waals surface area contributed by atoms with E-state index in [-0.39, 0.29) is 11.4 Å². The SMILES string of the molecule is CC(C)(C)C1CCC2(CC1)CC(=O)C=CO2. The zero-order chi connectivity index (χ0) is 11.8. The van der Waals surface area contributed by atoms with Gasteiger partial charge in [0.25, 0.3) is 0 Å². The molecule has 90 valence electrons. The van der Waals surface area contributed by atoms with Gasteiger partial charge in [0.2, 0.25) is 0 Å². The normalized spacial score (nSPS) is 35.2. The average molecular weight is 222 g/mol. The molecule has 16 heavy (non-hydrogen) atoms. The van der Waals surface area contributed by atoms with Crippen molar-refractivity contribution < 1.29 is 9.53 Å². The third-order valence-corrected chi connectivity index (χ3v) is 4.19. The summed E-state index contributed by atoms with van der Waals surface area (Å²) in [5, 5.41) is 0. The fraction of sp³-hybridized carbons (Fsp3) is 0.786. The number of carbonyl (C=O) groups excluding carboxylic acids is 1. The summed E-state index contributed by atoms with van der Waals surface area (Å²) in [6.45, 7) is 6.92. The number of hydrogen-bond acceptors (Lipinski definition) is 2. The molecule has 0 radical (unpaired) electrons. The van der Waals surface area contributed by atoms with E-state index in [2.05, 4.69) is 20.8 Å². The molecule has 2 rings (SSSR count). The van der Waals surface area contributed by atoms with E-state index >= 15 is 0 Å². The molecule has 2 aliphatic rings. The summed E-state index contributed by atoms with van der Waals surface area (Å²) < 4.78 is 5.74. The van der Waals surface area contributed by atoms with Crippen LogP contribution in [0.5, 0.6) is 0 Å². The van der Waals surface area contributed by atoms with Gasteiger partial charge in [-0.15, -0.1) is 0 Å². The summed E-state index contributed by atoms with van der Waals surface area (Å²) in [7, 11) is 0. The van der Waals surface area contributed by atoms with Gasteiger partial charge in [0.15, 0.2) is 5.78 Å². The molecular weight excluding hydrogens is 200 g/mol. The molecule has 0 N–H and O–H groups in total. The molecule has 1 saturated carbocycles. The standard InChI is InChI=1S/C14H22O2/c1-13(2,3)11-4-7-14(8-5-11)10-12(15)6-9-16-14/h6,9,11H,4-5,7-8,10H2,1-3H3. The molecule has 0 amide bonds. The minimum atomic E-state index is -0.159. The lowest BCUT2D eigenvalue weighted by Gasteiger charge is -2.44. The Morgan fingerprint density at radius 2 is 1.94 bits per heavy atom. The first-order chi connectivity index (χ1) is 7.41. The second-order valence-electron chi connectivity index (χ2n) is 6.39. The molecule has 0 aromatic heterocycles. The molecule has 2 heteroatoms. The zero-order valence-electron chi connectivity index (χ0n) is 10.6. The molecule has 2 nitrogen and oxygen atoms in total. The molecule has 1 heterocycles. The first kappa shape index (κ1) is 11.7. The molecule has 0 saturated heterocycles. The number of rotatable bonds is 0. The fourth-order valence-electron chi connectivity index (χ4n) is 2.98. The Morgan fingerprint density at radius 3 is 2.44 bits per heavy atom. The minimum absolute atomic E-state index is 0.159. The smallest absolute Gasteiger partial charge is 0.162 e. The van der Waals surface area contributed by atoms with Crippen LogP contribution in [0.3, 0.4) is 0 Å². The van der Waals surface area contributed by atoms with Crippen LogP contribution < -0.4 is 0 Å². The Labute approximate surface area is 98.1 Å². The molecule has 0 aromatic rings. The van der Waals surface area contributed by atoms with Crippen molar-refractivity contribution in [2.45, 2.75) is 58.5 Å². The van der Waals surface area contributed by atoms with Crippen LogP contribution in [0.4, 0.5) is 0 Å². The van der Waals surface area contributed by atoms with Crippen molar-refractivity contribution in [1.29, 1.82) is 0 Å². The van der Waals surface area contributed by atoms with Gasteiger partial charge in [0, 0.05) is 6.08 Å². The summed E-state index contributed by atoms with van der Waals surface area (Å²) in [6, 6.07) is 0. The predicted molar refractivity (Wildman–Crippen MR) is 64.0 cm³/mol. The Balaban J connectivity index is 1.99. The van der Waals surface area contributed by atoms with E-state index in [9.17, 15) is 4.79 Å². The van der Waals surface area contributed by atoms with Gasteiger partial charge in [0.05, 0.1) is 12.7 Å². The third kappa shape index (κ3) is 2.31. The van der Waals surface area contributed by atoms with E-state index in [1.807, 2.05) is 0 Å². The van der Waals surface area contributed by atoms with Crippen molar-refractivity contribution in [3.05, 3.63) is 12.3 Å². The van der Waals surface area contributed by atoms with Gasteiger partial charge in [-0.1, -0.05) is 20.8 Å². The Bertz CT molecular complexity index is 301. The van der Waals surface area contributed by atoms with Crippen molar-refractivity contribution >= 4 is 5.78 Å². The highest BCUT2D eigenvalue weighted by molar-refractivity contribution is 5.90. The molecule has 1 aliphatic carbocycles. The highest BCUT2D eigenvalue weighted by Gasteiger charge is 2.41. The first-order valence-corrected chi connectivity index (χ1v) is 6.29. The lowest BCUT2D eigenvalue weighted by atomic mass is 9.67. The van der Waals surface area contributed by atoms with Gasteiger partial charge < -0.3 is 4.74 Å². The fourth-order valence-corrected chi connectivity index (χ4v) is 2.98. The van der Waals surface area contributed by atoms with Crippen molar-refractivity contribution in [2.75, 3.05) is 0 Å². The highest BCUT2D eigenvalue weighted by atomic mass is 16.5. The maximum absolute atomic E-state index is 11.4. The number of allylic oxidation sites excluding steroid dienone is 1.